The number of carbonyl (C=O) groups excluding carboxylic acids is 2. The molecule has 2 rings (SSSR count). The Balaban J connectivity index is 2.17. The minimum Gasteiger partial charge on any atom is -0.404 e. The van der Waals surface area contributed by atoms with Crippen LogP contribution in [0.2, 0.25) is 0 Å². The number of aromatic nitrogens is 2. The molecule has 0 atom stereocenters. The van der Waals surface area contributed by atoms with Gasteiger partial charge in [-0.3, -0.25) is 24.5 Å². The first kappa shape index (κ1) is 25.1. The summed E-state index contributed by atoms with van der Waals surface area (Å²) >= 11 is 0. The van der Waals surface area contributed by atoms with Crippen LogP contribution in [0.15, 0.2) is 46.9 Å². The van der Waals surface area contributed by atoms with E-state index in [0.29, 0.717) is 47.8 Å². The van der Waals surface area contributed by atoms with Crippen LogP contribution in [-0.4, -0.2) is 54.0 Å². The van der Waals surface area contributed by atoms with Gasteiger partial charge in [0.15, 0.2) is 5.71 Å². The molecule has 2 amide bonds. The van der Waals surface area contributed by atoms with Crippen LogP contribution in [0.4, 0.5) is 11.4 Å². The number of aliphatic imine (C=N–C) groups is 1. The van der Waals surface area contributed by atoms with Crippen molar-refractivity contribution in [2.75, 3.05) is 30.9 Å². The Morgan fingerprint density at radius 1 is 1.21 bits per heavy atom. The molecule has 2 heterocycles. The number of hydrogen-bond donors (Lipinski definition) is 4. The maximum Gasteiger partial charge on any atom is 0.278 e. The molecule has 11 heteroatoms. The van der Waals surface area contributed by atoms with Gasteiger partial charge in [0.1, 0.15) is 0 Å². The first-order valence-electron chi connectivity index (χ1n) is 10.2. The fourth-order valence-electron chi connectivity index (χ4n) is 2.63. The summed E-state index contributed by atoms with van der Waals surface area (Å²) in [5.74, 6) is 4.74. The molecule has 11 nitrogen and oxygen atoms in total. The first-order chi connectivity index (χ1) is 15.9. The van der Waals surface area contributed by atoms with Crippen molar-refractivity contribution in [2.45, 2.75) is 20.3 Å². The Labute approximate surface area is 192 Å². The minimum absolute atomic E-state index is 0.0732. The summed E-state index contributed by atoms with van der Waals surface area (Å²) in [6, 6.07) is 4.95. The van der Waals surface area contributed by atoms with E-state index in [-0.39, 0.29) is 17.3 Å². The topological polar surface area (TPSA) is 170 Å². The summed E-state index contributed by atoms with van der Waals surface area (Å²) in [7, 11) is 1.60. The predicted octanol–water partition coefficient (Wildman–Crippen LogP) is 1.45. The second-order valence-corrected chi connectivity index (χ2v) is 6.77. The number of hydrazone groups is 1. The smallest absolute Gasteiger partial charge is 0.278 e. The maximum absolute atomic E-state index is 12.8. The van der Waals surface area contributed by atoms with Crippen molar-refractivity contribution in [1.82, 2.24) is 9.97 Å². The average molecular weight is 453 g/mol. The van der Waals surface area contributed by atoms with Crippen LogP contribution in [0.5, 0.6) is 0 Å². The summed E-state index contributed by atoms with van der Waals surface area (Å²) in [4.78, 5) is 37.2. The van der Waals surface area contributed by atoms with Crippen LogP contribution in [0.1, 0.15) is 30.3 Å². The largest absolute Gasteiger partial charge is 0.404 e. The van der Waals surface area contributed by atoms with Gasteiger partial charge in [-0.25, -0.2) is 0 Å². The molecule has 0 aromatic carbocycles. The highest BCUT2D eigenvalue weighted by atomic mass is 16.5. The van der Waals surface area contributed by atoms with Gasteiger partial charge in [0.2, 0.25) is 5.91 Å². The Hall–Kier alpha value is -4.12. The van der Waals surface area contributed by atoms with Crippen molar-refractivity contribution in [2.24, 2.45) is 21.7 Å². The number of anilines is 2. The summed E-state index contributed by atoms with van der Waals surface area (Å²) in [5.41, 5.74) is 8.69. The van der Waals surface area contributed by atoms with Crippen molar-refractivity contribution in [1.29, 1.82) is 0 Å². The highest BCUT2D eigenvalue weighted by Gasteiger charge is 2.18. The molecular weight excluding hydrogens is 424 g/mol. The Kier molecular flexibility index (Phi) is 9.65. The average Bonchev–Trinajstić information content (AvgIpc) is 2.82. The third kappa shape index (κ3) is 7.21. The van der Waals surface area contributed by atoms with Gasteiger partial charge in [0.05, 0.1) is 42.1 Å². The number of hydrogen-bond acceptors (Lipinski definition) is 9. The van der Waals surface area contributed by atoms with Crippen LogP contribution in [-0.2, 0) is 14.3 Å². The number of carbonyl (C=O) groups is 2. The summed E-state index contributed by atoms with van der Waals surface area (Å²) < 4.78 is 4.96. The molecule has 0 saturated heterocycles. The molecule has 0 fully saturated rings. The highest BCUT2D eigenvalue weighted by Crippen LogP contribution is 2.19. The number of aryl methyl sites for hydroxylation is 1. The van der Waals surface area contributed by atoms with Crippen LogP contribution in [0.3, 0.4) is 0 Å². The standard InChI is InChI=1S/C22H28N8O3/c1-4-20(31)28-17-9-19(14(2)26-13-17)29-22(32)21(30-24)18-6-5-15(12-27-18)16(10-23)11-25-7-8-33-3/h5-6,9-13H,4,7-8,23-24H2,1-3H3,(H,28,31)(H,29,32)/b16-10+,25-11?,30-21+. The molecule has 0 radical (unpaired) electrons. The maximum atomic E-state index is 12.8. The van der Waals surface area contributed by atoms with E-state index in [0.717, 1.165) is 0 Å². The molecule has 0 bridgehead atoms. The number of nitrogens with zero attached hydrogens (tertiary/aromatic N) is 4. The van der Waals surface area contributed by atoms with Crippen LogP contribution in [0.25, 0.3) is 5.57 Å². The number of amides is 2. The van der Waals surface area contributed by atoms with Crippen molar-refractivity contribution in [3.63, 3.8) is 0 Å². The van der Waals surface area contributed by atoms with Crippen molar-refractivity contribution >= 4 is 40.7 Å². The van der Waals surface area contributed by atoms with Crippen molar-refractivity contribution < 1.29 is 14.3 Å². The molecular formula is C22H28N8O3. The Bertz CT molecular complexity index is 1060. The number of nitrogens with two attached hydrogens (primary N) is 2. The van der Waals surface area contributed by atoms with Gasteiger partial charge in [-0.1, -0.05) is 13.0 Å². The van der Waals surface area contributed by atoms with Gasteiger partial charge >= 0.3 is 0 Å². The SMILES string of the molecule is CCC(=O)Nc1cnc(C)c(NC(=O)/C(=N/N)c2ccc(/C(C=NCCOC)=C/N)cn2)c1. The number of ether oxygens (including phenoxy) is 1. The van der Waals surface area contributed by atoms with Gasteiger partial charge in [-0.2, -0.15) is 5.10 Å². The molecule has 0 saturated carbocycles. The normalized spacial score (nSPS) is 12.1. The highest BCUT2D eigenvalue weighted by molar-refractivity contribution is 6.48. The minimum atomic E-state index is -0.572. The van der Waals surface area contributed by atoms with Gasteiger partial charge in [-0.15, -0.1) is 0 Å². The number of pyridine rings is 2. The summed E-state index contributed by atoms with van der Waals surface area (Å²) in [5, 5.41) is 9.02. The molecule has 0 spiro atoms. The fraction of sp³-hybridized carbons (Fsp3) is 0.273. The Morgan fingerprint density at radius 3 is 2.61 bits per heavy atom. The van der Waals surface area contributed by atoms with Gasteiger partial charge in [-0.05, 0) is 19.1 Å². The number of rotatable bonds is 10. The third-order valence-corrected chi connectivity index (χ3v) is 4.46. The van der Waals surface area contributed by atoms with E-state index >= 15 is 0 Å². The lowest BCUT2D eigenvalue weighted by Gasteiger charge is -2.11. The van der Waals surface area contributed by atoms with Crippen molar-refractivity contribution in [3.05, 3.63) is 53.7 Å². The van der Waals surface area contributed by atoms with Gasteiger partial charge in [0.25, 0.3) is 5.91 Å². The molecule has 0 aliphatic rings. The van der Waals surface area contributed by atoms with Gasteiger partial charge in [0, 0.05) is 43.3 Å². The van der Waals surface area contributed by atoms with E-state index in [1.807, 2.05) is 0 Å². The summed E-state index contributed by atoms with van der Waals surface area (Å²) in [6.07, 6.45) is 6.42. The summed E-state index contributed by atoms with van der Waals surface area (Å²) in [6.45, 7) is 4.46. The number of allylic oxidation sites excluding steroid dienone is 1. The molecule has 2 aromatic heterocycles. The monoisotopic (exact) mass is 452 g/mol. The van der Waals surface area contributed by atoms with E-state index in [2.05, 4.69) is 30.7 Å². The second-order valence-electron chi connectivity index (χ2n) is 6.77. The molecule has 2 aromatic rings. The third-order valence-electron chi connectivity index (χ3n) is 4.46. The molecule has 0 aliphatic carbocycles. The first-order valence-corrected chi connectivity index (χ1v) is 10.2. The molecule has 6 N–H and O–H groups in total. The second kappa shape index (κ2) is 12.7. The zero-order valence-corrected chi connectivity index (χ0v) is 18.8. The fourth-order valence-corrected chi connectivity index (χ4v) is 2.63. The lowest BCUT2D eigenvalue weighted by molar-refractivity contribution is -0.116. The van der Waals surface area contributed by atoms with E-state index in [1.54, 1.807) is 51.6 Å². The molecule has 33 heavy (non-hydrogen) atoms. The lowest BCUT2D eigenvalue weighted by Crippen LogP contribution is -2.26. The van der Waals surface area contributed by atoms with Crippen LogP contribution < -0.4 is 22.2 Å². The van der Waals surface area contributed by atoms with E-state index in [4.69, 9.17) is 16.3 Å². The predicted molar refractivity (Wildman–Crippen MR) is 129 cm³/mol. The number of nitrogens with one attached hydrogen (secondary N) is 2. The van der Waals surface area contributed by atoms with E-state index in [9.17, 15) is 9.59 Å². The molecule has 0 aliphatic heterocycles. The molecule has 0 unspecified atom stereocenters. The van der Waals surface area contributed by atoms with Crippen molar-refractivity contribution in [3.8, 4) is 0 Å². The van der Waals surface area contributed by atoms with Crippen LogP contribution in [0, 0.1) is 6.92 Å². The van der Waals surface area contributed by atoms with E-state index in [1.165, 1.54) is 12.4 Å². The number of methoxy groups -OCH3 is 1. The Morgan fingerprint density at radius 2 is 2.00 bits per heavy atom. The quantitative estimate of drug-likeness (QED) is 0.183. The van der Waals surface area contributed by atoms with E-state index < -0.39 is 5.91 Å². The molecule has 174 valence electrons. The zero-order chi connectivity index (χ0) is 24.2. The van der Waals surface area contributed by atoms with Crippen LogP contribution >= 0.6 is 0 Å². The zero-order valence-electron chi connectivity index (χ0n) is 18.8. The van der Waals surface area contributed by atoms with Gasteiger partial charge < -0.3 is 26.9 Å². The lowest BCUT2D eigenvalue weighted by atomic mass is 10.1.